The summed E-state index contributed by atoms with van der Waals surface area (Å²) in [5.41, 5.74) is 1.02. The Labute approximate surface area is 176 Å². The maximum atomic E-state index is 11.9. The summed E-state index contributed by atoms with van der Waals surface area (Å²) in [5, 5.41) is 16.1. The van der Waals surface area contributed by atoms with E-state index in [1.807, 2.05) is 0 Å². The fourth-order valence-electron chi connectivity index (χ4n) is 3.16. The molecule has 1 heterocycles. The fraction of sp³-hybridized carbons (Fsp3) is 0.368. The van der Waals surface area contributed by atoms with Crippen molar-refractivity contribution in [3.8, 4) is 6.07 Å². The molecule has 1 aliphatic carbocycles. The maximum Gasteiger partial charge on any atom is 0.339 e. The molecule has 1 aromatic carbocycles. The monoisotopic (exact) mass is 463 g/mol. The lowest BCUT2D eigenvalue weighted by Gasteiger charge is -2.28. The molecule has 0 bridgehead atoms. The summed E-state index contributed by atoms with van der Waals surface area (Å²) in [6.45, 7) is 0. The summed E-state index contributed by atoms with van der Waals surface area (Å²) in [6, 6.07) is 7.55. The number of aromatic nitrogens is 2. The first-order valence-electron chi connectivity index (χ1n) is 8.85. The van der Waals surface area contributed by atoms with Crippen LogP contribution in [0, 0.1) is 17.2 Å². The molecule has 0 aliphatic heterocycles. The summed E-state index contributed by atoms with van der Waals surface area (Å²) >= 11 is 9.58. The molecule has 0 radical (unpaired) electrons. The van der Waals surface area contributed by atoms with Crippen LogP contribution in [0.2, 0.25) is 5.02 Å². The van der Waals surface area contributed by atoms with E-state index in [4.69, 9.17) is 16.3 Å². The Morgan fingerprint density at radius 3 is 2.93 bits per heavy atom. The Kier molecular flexibility index (Phi) is 6.70. The van der Waals surface area contributed by atoms with E-state index in [1.165, 1.54) is 13.3 Å². The predicted molar refractivity (Wildman–Crippen MR) is 111 cm³/mol. The van der Waals surface area contributed by atoms with Crippen LogP contribution in [0.4, 0.5) is 17.5 Å². The van der Waals surface area contributed by atoms with E-state index in [9.17, 15) is 10.1 Å². The van der Waals surface area contributed by atoms with Crippen molar-refractivity contribution in [3.05, 3.63) is 39.5 Å². The largest absolute Gasteiger partial charge is 0.465 e. The smallest absolute Gasteiger partial charge is 0.339 e. The summed E-state index contributed by atoms with van der Waals surface area (Å²) < 4.78 is 5.41. The minimum Gasteiger partial charge on any atom is -0.465 e. The van der Waals surface area contributed by atoms with Crippen molar-refractivity contribution in [2.45, 2.75) is 31.7 Å². The molecule has 9 heteroatoms. The lowest BCUT2D eigenvalue weighted by Crippen LogP contribution is -2.31. The van der Waals surface area contributed by atoms with Gasteiger partial charge in [-0.05, 0) is 47.0 Å². The number of carbonyl (C=O) groups is 1. The number of anilines is 3. The molecule has 2 aromatic rings. The molecular formula is C19H19BrClN5O2. The molecule has 2 atom stereocenters. The SMILES string of the molecule is COC(=O)c1cc(Nc2ncc(Cl)c(N[C@@H]3CCCC[C@H]3C#N)n2)ccc1Br. The van der Waals surface area contributed by atoms with Crippen molar-refractivity contribution < 1.29 is 9.53 Å². The van der Waals surface area contributed by atoms with Crippen LogP contribution in [0.5, 0.6) is 0 Å². The highest BCUT2D eigenvalue weighted by atomic mass is 79.9. The second kappa shape index (κ2) is 9.22. The highest BCUT2D eigenvalue weighted by Gasteiger charge is 2.26. The van der Waals surface area contributed by atoms with Gasteiger partial charge in [-0.25, -0.2) is 9.78 Å². The molecule has 28 heavy (non-hydrogen) atoms. The molecular weight excluding hydrogens is 446 g/mol. The summed E-state index contributed by atoms with van der Waals surface area (Å²) in [4.78, 5) is 20.5. The van der Waals surface area contributed by atoms with Crippen molar-refractivity contribution in [1.82, 2.24) is 9.97 Å². The molecule has 1 aromatic heterocycles. The lowest BCUT2D eigenvalue weighted by molar-refractivity contribution is 0.0599. The first kappa shape index (κ1) is 20.4. The van der Waals surface area contributed by atoms with Crippen LogP contribution < -0.4 is 10.6 Å². The second-order valence-electron chi connectivity index (χ2n) is 6.47. The van der Waals surface area contributed by atoms with Gasteiger partial charge in [0, 0.05) is 16.2 Å². The zero-order valence-electron chi connectivity index (χ0n) is 15.2. The minimum absolute atomic E-state index is 0.0117. The van der Waals surface area contributed by atoms with Crippen molar-refractivity contribution in [3.63, 3.8) is 0 Å². The Morgan fingerprint density at radius 2 is 2.18 bits per heavy atom. The summed E-state index contributed by atoms with van der Waals surface area (Å²) in [5.74, 6) is 0.297. The summed E-state index contributed by atoms with van der Waals surface area (Å²) in [7, 11) is 1.33. The van der Waals surface area contributed by atoms with Gasteiger partial charge in [0.2, 0.25) is 5.95 Å². The van der Waals surface area contributed by atoms with Gasteiger partial charge >= 0.3 is 5.97 Å². The second-order valence-corrected chi connectivity index (χ2v) is 7.73. The van der Waals surface area contributed by atoms with Crippen LogP contribution in [0.3, 0.4) is 0 Å². The number of hydrogen-bond acceptors (Lipinski definition) is 7. The van der Waals surface area contributed by atoms with Gasteiger partial charge in [-0.2, -0.15) is 10.2 Å². The van der Waals surface area contributed by atoms with Crippen LogP contribution in [-0.2, 0) is 4.74 Å². The van der Waals surface area contributed by atoms with Gasteiger partial charge in [-0.1, -0.05) is 24.4 Å². The number of nitriles is 1. The van der Waals surface area contributed by atoms with E-state index in [0.29, 0.717) is 32.5 Å². The number of nitrogens with one attached hydrogen (secondary N) is 2. The molecule has 0 spiro atoms. The van der Waals surface area contributed by atoms with E-state index in [-0.39, 0.29) is 12.0 Å². The minimum atomic E-state index is -0.449. The Hall–Kier alpha value is -2.37. The van der Waals surface area contributed by atoms with Gasteiger partial charge in [0.25, 0.3) is 0 Å². The van der Waals surface area contributed by atoms with E-state index in [0.717, 1.165) is 25.7 Å². The number of hydrogen-bond donors (Lipinski definition) is 2. The van der Waals surface area contributed by atoms with Gasteiger partial charge < -0.3 is 15.4 Å². The van der Waals surface area contributed by atoms with Crippen molar-refractivity contribution in [1.29, 1.82) is 5.26 Å². The number of methoxy groups -OCH3 is 1. The number of rotatable bonds is 5. The quantitative estimate of drug-likeness (QED) is 0.606. The fourth-order valence-corrected chi connectivity index (χ4v) is 3.71. The number of ether oxygens (including phenoxy) is 1. The number of nitrogens with zero attached hydrogens (tertiary/aromatic N) is 3. The highest BCUT2D eigenvalue weighted by Crippen LogP contribution is 2.30. The zero-order valence-corrected chi connectivity index (χ0v) is 17.5. The van der Waals surface area contributed by atoms with E-state index < -0.39 is 5.97 Å². The number of halogens is 2. The Balaban J connectivity index is 1.80. The third-order valence-corrected chi connectivity index (χ3v) is 5.59. The number of carbonyl (C=O) groups excluding carboxylic acids is 1. The number of benzene rings is 1. The van der Waals surface area contributed by atoms with Crippen molar-refractivity contribution in [2.24, 2.45) is 5.92 Å². The molecule has 2 N–H and O–H groups in total. The van der Waals surface area contributed by atoms with Crippen LogP contribution in [0.15, 0.2) is 28.9 Å². The highest BCUT2D eigenvalue weighted by molar-refractivity contribution is 9.10. The van der Waals surface area contributed by atoms with Crippen molar-refractivity contribution in [2.75, 3.05) is 17.7 Å². The standard InChI is InChI=1S/C19H19BrClN5O2/c1-28-18(27)13-8-12(6-7-14(13)20)24-19-23-10-15(21)17(26-19)25-16-5-3-2-4-11(16)9-22/h6-8,10-11,16H,2-5H2,1H3,(H2,23,24,25,26)/t11-,16+/m0/s1. The Morgan fingerprint density at radius 1 is 1.39 bits per heavy atom. The van der Waals surface area contributed by atoms with Gasteiger partial charge in [-0.3, -0.25) is 0 Å². The first-order chi connectivity index (χ1) is 13.5. The van der Waals surface area contributed by atoms with E-state index in [1.54, 1.807) is 18.2 Å². The van der Waals surface area contributed by atoms with Crippen LogP contribution in [-0.4, -0.2) is 29.1 Å². The third-order valence-electron chi connectivity index (χ3n) is 4.63. The Bertz CT molecular complexity index is 918. The van der Waals surface area contributed by atoms with Crippen molar-refractivity contribution >= 4 is 51.0 Å². The third kappa shape index (κ3) is 4.72. The lowest BCUT2D eigenvalue weighted by atomic mass is 9.85. The predicted octanol–water partition coefficient (Wildman–Crippen LogP) is 4.92. The molecule has 0 amide bonds. The molecule has 1 fully saturated rings. The number of esters is 1. The van der Waals surface area contributed by atoms with E-state index in [2.05, 4.69) is 42.6 Å². The molecule has 0 saturated heterocycles. The van der Waals surface area contributed by atoms with Gasteiger partial charge in [0.15, 0.2) is 5.82 Å². The molecule has 1 saturated carbocycles. The normalized spacial score (nSPS) is 18.8. The molecule has 1 aliphatic rings. The van der Waals surface area contributed by atoms with Crippen LogP contribution in [0.25, 0.3) is 0 Å². The average Bonchev–Trinajstić information content (AvgIpc) is 2.71. The molecule has 0 unspecified atom stereocenters. The van der Waals surface area contributed by atoms with Gasteiger partial charge in [0.05, 0.1) is 30.9 Å². The molecule has 3 rings (SSSR count). The van der Waals surface area contributed by atoms with E-state index >= 15 is 0 Å². The molecule has 146 valence electrons. The topological polar surface area (TPSA) is 99.9 Å². The maximum absolute atomic E-state index is 11.9. The summed E-state index contributed by atoms with van der Waals surface area (Å²) in [6.07, 6.45) is 5.41. The van der Waals surface area contributed by atoms with Crippen LogP contribution in [0.1, 0.15) is 36.0 Å². The zero-order chi connectivity index (χ0) is 20.1. The first-order valence-corrected chi connectivity index (χ1v) is 10.0. The van der Waals surface area contributed by atoms with Crippen LogP contribution >= 0.6 is 27.5 Å². The van der Waals surface area contributed by atoms with Gasteiger partial charge in [0.1, 0.15) is 5.02 Å². The molecule has 7 nitrogen and oxygen atoms in total. The van der Waals surface area contributed by atoms with Gasteiger partial charge in [-0.15, -0.1) is 0 Å². The average molecular weight is 465 g/mol.